The van der Waals surface area contributed by atoms with E-state index in [1.54, 1.807) is 0 Å². The van der Waals surface area contributed by atoms with E-state index in [4.69, 9.17) is 0 Å². The van der Waals surface area contributed by atoms with E-state index in [9.17, 15) is 0 Å². The molecule has 4 heteroatoms. The Balaban J connectivity index is 1.48. The Kier molecular flexibility index (Phi) is 2.94. The quantitative estimate of drug-likeness (QED) is 0.867. The van der Waals surface area contributed by atoms with E-state index in [1.807, 2.05) is 6.07 Å². The molecule has 1 aromatic carbocycles. The van der Waals surface area contributed by atoms with Gasteiger partial charge in [0.15, 0.2) is 5.82 Å². The van der Waals surface area contributed by atoms with Crippen molar-refractivity contribution in [2.45, 2.75) is 44.1 Å². The van der Waals surface area contributed by atoms with Crippen molar-refractivity contribution in [3.8, 4) is 0 Å². The lowest BCUT2D eigenvalue weighted by molar-refractivity contribution is -0.0506. The summed E-state index contributed by atoms with van der Waals surface area (Å²) < 4.78 is 2.16. The number of hydrogen-bond acceptors (Lipinski definition) is 3. The summed E-state index contributed by atoms with van der Waals surface area (Å²) in [6, 6.07) is 10.4. The Morgan fingerprint density at radius 1 is 0.913 bits per heavy atom. The zero-order chi connectivity index (χ0) is 15.3. The van der Waals surface area contributed by atoms with E-state index >= 15 is 0 Å². The number of hydrogen-bond donors (Lipinski definition) is 0. The number of aromatic nitrogens is 4. The minimum absolute atomic E-state index is 0.189. The van der Waals surface area contributed by atoms with Gasteiger partial charge in [-0.25, -0.2) is 4.68 Å². The van der Waals surface area contributed by atoms with Gasteiger partial charge in [0, 0.05) is 0 Å². The third-order valence-corrected chi connectivity index (χ3v) is 6.17. The van der Waals surface area contributed by atoms with Crippen LogP contribution in [0.25, 0.3) is 12.2 Å². The molecule has 4 bridgehead atoms. The molecule has 4 aliphatic carbocycles. The van der Waals surface area contributed by atoms with Gasteiger partial charge in [-0.2, -0.15) is 0 Å². The van der Waals surface area contributed by atoms with E-state index in [1.165, 1.54) is 44.1 Å². The molecule has 0 atom stereocenters. The average Bonchev–Trinajstić information content (AvgIpc) is 3.02. The zero-order valence-electron chi connectivity index (χ0n) is 13.3. The lowest BCUT2D eigenvalue weighted by Crippen LogP contribution is -2.52. The maximum atomic E-state index is 4.42. The summed E-state index contributed by atoms with van der Waals surface area (Å²) in [5, 5.41) is 12.7. The molecular weight excluding hydrogens is 284 g/mol. The summed E-state index contributed by atoms with van der Waals surface area (Å²) in [4.78, 5) is 0. The molecule has 0 radical (unpaired) electrons. The molecule has 6 rings (SSSR count). The third kappa shape index (κ3) is 2.23. The van der Waals surface area contributed by atoms with E-state index in [0.717, 1.165) is 23.6 Å². The summed E-state index contributed by atoms with van der Waals surface area (Å²) in [6.45, 7) is 0. The molecule has 4 nitrogen and oxygen atoms in total. The lowest BCUT2D eigenvalue weighted by Gasteiger charge is -2.56. The van der Waals surface area contributed by atoms with Crippen LogP contribution in [0.4, 0.5) is 0 Å². The van der Waals surface area contributed by atoms with Crippen LogP contribution in [0, 0.1) is 17.8 Å². The Labute approximate surface area is 136 Å². The normalized spacial score (nSPS) is 35.2. The van der Waals surface area contributed by atoms with Gasteiger partial charge in [0.2, 0.25) is 0 Å². The minimum Gasteiger partial charge on any atom is -0.220 e. The predicted octanol–water partition coefficient (Wildman–Crippen LogP) is 3.77. The fraction of sp³-hybridized carbons (Fsp3) is 0.526. The van der Waals surface area contributed by atoms with Crippen LogP contribution in [0.2, 0.25) is 0 Å². The van der Waals surface area contributed by atoms with Gasteiger partial charge in [0.25, 0.3) is 0 Å². The second-order valence-corrected chi connectivity index (χ2v) is 7.83. The van der Waals surface area contributed by atoms with Crippen molar-refractivity contribution in [2.75, 3.05) is 0 Å². The van der Waals surface area contributed by atoms with Gasteiger partial charge >= 0.3 is 0 Å². The predicted molar refractivity (Wildman–Crippen MR) is 89.3 cm³/mol. The molecule has 4 fully saturated rings. The van der Waals surface area contributed by atoms with Gasteiger partial charge in [0.05, 0.1) is 5.54 Å². The number of tetrazole rings is 1. The van der Waals surface area contributed by atoms with Crippen LogP contribution in [-0.4, -0.2) is 20.2 Å². The fourth-order valence-electron chi connectivity index (χ4n) is 5.70. The largest absolute Gasteiger partial charge is 0.220 e. The molecule has 0 N–H and O–H groups in total. The molecule has 4 saturated carbocycles. The highest BCUT2D eigenvalue weighted by Crippen LogP contribution is 2.58. The highest BCUT2D eigenvalue weighted by Gasteiger charge is 2.53. The van der Waals surface area contributed by atoms with Gasteiger partial charge < -0.3 is 0 Å². The van der Waals surface area contributed by atoms with Crippen LogP contribution in [-0.2, 0) is 5.54 Å². The van der Waals surface area contributed by atoms with Crippen LogP contribution < -0.4 is 0 Å². The average molecular weight is 306 g/mol. The summed E-state index contributed by atoms with van der Waals surface area (Å²) in [5.74, 6) is 3.61. The number of rotatable bonds is 3. The standard InChI is InChI=1S/C19H22N4/c1-2-4-14(5-3-1)6-7-18-20-21-22-23(18)19-11-15-8-16(12-19)10-17(9-15)13-19/h1-7,15-17H,8-13H2/b7-6+. The lowest BCUT2D eigenvalue weighted by atomic mass is 9.53. The highest BCUT2D eigenvalue weighted by atomic mass is 15.6. The number of benzene rings is 1. The zero-order valence-corrected chi connectivity index (χ0v) is 13.3. The van der Waals surface area contributed by atoms with Crippen molar-refractivity contribution >= 4 is 12.2 Å². The van der Waals surface area contributed by atoms with Gasteiger partial charge in [-0.1, -0.05) is 36.4 Å². The SMILES string of the molecule is C(=C\c1nnnn1C12CC3CC(CC(C3)C1)C2)/c1ccccc1. The molecule has 2 aromatic rings. The maximum absolute atomic E-state index is 4.42. The van der Waals surface area contributed by atoms with Crippen molar-refractivity contribution in [1.82, 2.24) is 20.2 Å². The summed E-state index contributed by atoms with van der Waals surface area (Å²) in [5.41, 5.74) is 1.38. The van der Waals surface area contributed by atoms with Gasteiger partial charge in [-0.3, -0.25) is 0 Å². The second-order valence-electron chi connectivity index (χ2n) is 7.83. The monoisotopic (exact) mass is 306 g/mol. The van der Waals surface area contributed by atoms with Crippen LogP contribution >= 0.6 is 0 Å². The topological polar surface area (TPSA) is 43.6 Å². The van der Waals surface area contributed by atoms with Crippen LogP contribution in [0.3, 0.4) is 0 Å². The summed E-state index contributed by atoms with van der Waals surface area (Å²) in [7, 11) is 0. The third-order valence-electron chi connectivity index (χ3n) is 6.17. The van der Waals surface area contributed by atoms with Gasteiger partial charge in [-0.05, 0) is 78.3 Å². The molecule has 0 amide bonds. The van der Waals surface area contributed by atoms with Crippen LogP contribution in [0.15, 0.2) is 30.3 Å². The van der Waals surface area contributed by atoms with Crippen molar-refractivity contribution < 1.29 is 0 Å². The Hall–Kier alpha value is -1.97. The molecule has 1 aromatic heterocycles. The summed E-state index contributed by atoms with van der Waals surface area (Å²) >= 11 is 0. The molecule has 118 valence electrons. The molecule has 4 aliphatic rings. The van der Waals surface area contributed by atoms with Crippen LogP contribution in [0.5, 0.6) is 0 Å². The first-order chi connectivity index (χ1) is 11.3. The van der Waals surface area contributed by atoms with Crippen molar-refractivity contribution in [3.05, 3.63) is 41.7 Å². The van der Waals surface area contributed by atoms with E-state index in [2.05, 4.69) is 56.6 Å². The molecule has 0 unspecified atom stereocenters. The van der Waals surface area contributed by atoms with Gasteiger partial charge in [0.1, 0.15) is 0 Å². The smallest absolute Gasteiger partial charge is 0.175 e. The second kappa shape index (κ2) is 5.02. The van der Waals surface area contributed by atoms with Crippen molar-refractivity contribution in [3.63, 3.8) is 0 Å². The minimum atomic E-state index is 0.189. The van der Waals surface area contributed by atoms with Gasteiger partial charge in [-0.15, -0.1) is 5.10 Å². The first-order valence-corrected chi connectivity index (χ1v) is 8.83. The molecule has 1 heterocycles. The molecule has 0 aliphatic heterocycles. The van der Waals surface area contributed by atoms with E-state index in [0.29, 0.717) is 0 Å². The first kappa shape index (κ1) is 13.5. The Morgan fingerprint density at radius 2 is 1.57 bits per heavy atom. The molecule has 0 spiro atoms. The molecule has 23 heavy (non-hydrogen) atoms. The maximum Gasteiger partial charge on any atom is 0.175 e. The van der Waals surface area contributed by atoms with E-state index < -0.39 is 0 Å². The Morgan fingerprint density at radius 3 is 2.22 bits per heavy atom. The first-order valence-electron chi connectivity index (χ1n) is 8.83. The summed E-state index contributed by atoms with van der Waals surface area (Å²) in [6.07, 6.45) is 12.3. The van der Waals surface area contributed by atoms with Crippen LogP contribution in [0.1, 0.15) is 49.9 Å². The van der Waals surface area contributed by atoms with E-state index in [-0.39, 0.29) is 5.54 Å². The molecule has 0 saturated heterocycles. The number of nitrogens with zero attached hydrogens (tertiary/aromatic N) is 4. The Bertz CT molecular complexity index is 696. The fourth-order valence-corrected chi connectivity index (χ4v) is 5.70. The van der Waals surface area contributed by atoms with Crippen molar-refractivity contribution in [1.29, 1.82) is 0 Å². The van der Waals surface area contributed by atoms with Crippen molar-refractivity contribution in [2.24, 2.45) is 17.8 Å². The highest BCUT2D eigenvalue weighted by molar-refractivity contribution is 5.66. The molecular formula is C19H22N4.